The summed E-state index contributed by atoms with van der Waals surface area (Å²) >= 11 is 0. The van der Waals surface area contributed by atoms with Crippen LogP contribution in [0.5, 0.6) is 0 Å². The number of anilines is 1. The van der Waals surface area contributed by atoms with E-state index in [1.165, 1.54) is 12.1 Å². The molecule has 0 fully saturated rings. The largest absolute Gasteiger partial charge is 0.287 e. The van der Waals surface area contributed by atoms with Crippen LogP contribution in [0.15, 0.2) is 180 Å². The van der Waals surface area contributed by atoms with Crippen LogP contribution in [-0.4, -0.2) is 28.9 Å². The Hall–Kier alpha value is -6.50. The fraction of sp³-hybridized carbons (Fsp3) is 0. The van der Waals surface area contributed by atoms with Crippen molar-refractivity contribution in [2.45, 2.75) is 0 Å². The first-order valence-electron chi connectivity index (χ1n) is 15.8. The number of rotatable bonds is 9. The molecule has 6 aromatic rings. The van der Waals surface area contributed by atoms with Crippen molar-refractivity contribution in [3.63, 3.8) is 0 Å². The van der Waals surface area contributed by atoms with Gasteiger partial charge < -0.3 is 0 Å². The van der Waals surface area contributed by atoms with E-state index in [0.717, 1.165) is 20.8 Å². The second-order valence-electron chi connectivity index (χ2n) is 11.3. The molecular formula is C41H29N4O4P. The van der Waals surface area contributed by atoms with Crippen LogP contribution in [0.2, 0.25) is 0 Å². The highest BCUT2D eigenvalue weighted by Crippen LogP contribution is 2.47. The molecular weight excluding hydrogens is 643 g/mol. The van der Waals surface area contributed by atoms with Crippen molar-refractivity contribution >= 4 is 57.4 Å². The minimum absolute atomic E-state index is 0.0344. The van der Waals surface area contributed by atoms with Gasteiger partial charge in [-0.15, -0.1) is 5.11 Å². The van der Waals surface area contributed by atoms with Crippen molar-refractivity contribution in [2.24, 2.45) is 10.3 Å². The summed E-state index contributed by atoms with van der Waals surface area (Å²) in [4.78, 5) is 56.1. The Labute approximate surface area is 288 Å². The molecule has 0 aliphatic carbocycles. The van der Waals surface area contributed by atoms with Crippen LogP contribution in [0.4, 0.5) is 5.69 Å². The van der Waals surface area contributed by atoms with E-state index in [-0.39, 0.29) is 33.6 Å². The lowest BCUT2D eigenvalue weighted by Gasteiger charge is -2.30. The first-order chi connectivity index (χ1) is 24.5. The second-order valence-corrected chi connectivity index (χ2v) is 14.7. The Balaban J connectivity index is 1.39. The van der Waals surface area contributed by atoms with Crippen molar-refractivity contribution in [1.82, 2.24) is 5.43 Å². The number of nitrogens with one attached hydrogen (secondary N) is 1. The van der Waals surface area contributed by atoms with Crippen molar-refractivity contribution in [3.05, 3.63) is 192 Å². The van der Waals surface area contributed by atoms with Crippen LogP contribution >= 0.6 is 6.89 Å². The number of nitrogens with zero attached hydrogens (tertiary/aromatic N) is 3. The molecule has 7 rings (SSSR count). The molecule has 0 saturated carbocycles. The first-order valence-corrected chi connectivity index (χ1v) is 17.6. The van der Waals surface area contributed by atoms with E-state index in [4.69, 9.17) is 0 Å². The standard InChI is InChI=1S/C41H29N4O4P/c46-37(29-17-5-1-6-18-29)39(50(30-19-7-2-8-20-30,31-21-9-3-10-22-31)32-23-11-4-12-24-32)43-44-42-38(47)35-27-15-16-28-36(35)45-40(48)33-25-13-14-26-34(33)41(45)49/h1-28H,(H,42,43,47). The van der Waals surface area contributed by atoms with Crippen LogP contribution in [0.25, 0.3) is 0 Å². The summed E-state index contributed by atoms with van der Waals surface area (Å²) in [6, 6.07) is 50.9. The zero-order valence-corrected chi connectivity index (χ0v) is 27.5. The van der Waals surface area contributed by atoms with Gasteiger partial charge in [0.1, 0.15) is 5.42 Å². The zero-order chi connectivity index (χ0) is 34.5. The van der Waals surface area contributed by atoms with Gasteiger partial charge in [0.05, 0.1) is 22.4 Å². The van der Waals surface area contributed by atoms with Crippen molar-refractivity contribution in [3.8, 4) is 0 Å². The third kappa shape index (κ3) is 5.68. The summed E-state index contributed by atoms with van der Waals surface area (Å²) in [5, 5.41) is 11.4. The molecule has 8 nitrogen and oxygen atoms in total. The highest BCUT2D eigenvalue weighted by Gasteiger charge is 2.38. The van der Waals surface area contributed by atoms with E-state index in [0.29, 0.717) is 5.56 Å². The Morgan fingerprint density at radius 1 is 0.520 bits per heavy atom. The first kappa shape index (κ1) is 32.1. The molecule has 0 spiro atoms. The molecule has 1 aliphatic heterocycles. The van der Waals surface area contributed by atoms with Gasteiger partial charge in [0, 0.05) is 12.4 Å². The van der Waals surface area contributed by atoms with Gasteiger partial charge in [0.25, 0.3) is 17.7 Å². The summed E-state index contributed by atoms with van der Waals surface area (Å²) < 4.78 is 0. The van der Waals surface area contributed by atoms with E-state index >= 15 is 0 Å². The SMILES string of the molecule is O=C(C(N=NNC(=O)c1ccccc1N1C(=O)c2ccccc2C1=O)=P(c1ccccc1)(c1ccccc1)c1ccccc1)c1ccccc1. The number of imide groups is 1. The molecule has 1 aliphatic rings. The predicted molar refractivity (Wildman–Crippen MR) is 197 cm³/mol. The van der Waals surface area contributed by atoms with Crippen LogP contribution in [0, 0.1) is 0 Å². The number of carbonyl (C=O) groups excluding carboxylic acids is 4. The maximum atomic E-state index is 14.7. The van der Waals surface area contributed by atoms with Crippen molar-refractivity contribution in [1.29, 1.82) is 0 Å². The smallest absolute Gasteiger partial charge is 0.274 e. The number of carbonyl (C=O) groups is 4. The number of para-hydroxylation sites is 1. The van der Waals surface area contributed by atoms with Crippen LogP contribution in [0.3, 0.4) is 0 Å². The summed E-state index contributed by atoms with van der Waals surface area (Å²) in [7, 11) is 0. The van der Waals surface area contributed by atoms with Crippen LogP contribution < -0.4 is 26.2 Å². The maximum absolute atomic E-state index is 14.7. The predicted octanol–water partition coefficient (Wildman–Crippen LogP) is 6.59. The second kappa shape index (κ2) is 13.9. The number of Topliss-reactive ketones (excluding diaryl/α,β-unsaturated/α-hetero) is 1. The Bertz CT molecular complexity index is 2190. The number of hydrogen-bond acceptors (Lipinski definition) is 5. The van der Waals surface area contributed by atoms with Gasteiger partial charge in [-0.2, -0.15) is 0 Å². The molecule has 0 radical (unpaired) electrons. The quantitative estimate of drug-likeness (QED) is 0.0615. The molecule has 6 aromatic carbocycles. The Kier molecular flexibility index (Phi) is 8.93. The lowest BCUT2D eigenvalue weighted by Crippen LogP contribution is -2.33. The maximum Gasteiger partial charge on any atom is 0.274 e. The third-order valence-electron chi connectivity index (χ3n) is 8.47. The molecule has 9 heteroatoms. The molecule has 1 heterocycles. The van der Waals surface area contributed by atoms with Gasteiger partial charge in [-0.1, -0.05) is 151 Å². The van der Waals surface area contributed by atoms with Gasteiger partial charge in [0.15, 0.2) is 0 Å². The molecule has 1 N–H and O–H groups in total. The number of ketones is 1. The average Bonchev–Trinajstić information content (AvgIpc) is 3.44. The van der Waals surface area contributed by atoms with Crippen LogP contribution in [0.1, 0.15) is 41.4 Å². The fourth-order valence-electron chi connectivity index (χ4n) is 6.20. The molecule has 0 unspecified atom stereocenters. The summed E-state index contributed by atoms with van der Waals surface area (Å²) in [6.45, 7) is -3.04. The van der Waals surface area contributed by atoms with E-state index in [1.54, 1.807) is 60.7 Å². The minimum atomic E-state index is -3.04. The number of benzene rings is 6. The molecule has 0 atom stereocenters. The van der Waals surface area contributed by atoms with Crippen LogP contribution in [-0.2, 0) is 0 Å². The van der Waals surface area contributed by atoms with E-state index < -0.39 is 24.6 Å². The monoisotopic (exact) mass is 672 g/mol. The molecule has 0 aromatic heterocycles. The minimum Gasteiger partial charge on any atom is -0.287 e. The normalized spacial score (nSPS) is 12.5. The lowest BCUT2D eigenvalue weighted by atomic mass is 10.1. The number of amides is 3. The summed E-state index contributed by atoms with van der Waals surface area (Å²) in [5.41, 5.74) is 3.72. The molecule has 3 amide bonds. The summed E-state index contributed by atoms with van der Waals surface area (Å²) in [6.07, 6.45) is 0. The van der Waals surface area contributed by atoms with Gasteiger partial charge >= 0.3 is 0 Å². The van der Waals surface area contributed by atoms with Gasteiger partial charge in [-0.25, -0.2) is 10.3 Å². The van der Waals surface area contributed by atoms with Gasteiger partial charge in [0.2, 0.25) is 5.78 Å². The van der Waals surface area contributed by atoms with E-state index in [9.17, 15) is 19.2 Å². The lowest BCUT2D eigenvalue weighted by molar-refractivity contribution is 0.0925. The number of hydrogen-bond donors (Lipinski definition) is 1. The molecule has 50 heavy (non-hydrogen) atoms. The summed E-state index contributed by atoms with van der Waals surface area (Å²) in [5.74, 6) is -2.12. The van der Waals surface area contributed by atoms with E-state index in [1.807, 2.05) is 97.1 Å². The highest BCUT2D eigenvalue weighted by atomic mass is 31.2. The third-order valence-corrected chi connectivity index (χ3v) is 12.6. The zero-order valence-electron chi connectivity index (χ0n) is 26.6. The molecule has 0 bridgehead atoms. The van der Waals surface area contributed by atoms with Gasteiger partial charge in [-0.3, -0.25) is 19.2 Å². The molecule has 0 saturated heterocycles. The van der Waals surface area contributed by atoms with Gasteiger partial charge in [-0.05, 0) is 40.2 Å². The van der Waals surface area contributed by atoms with Crippen molar-refractivity contribution < 1.29 is 19.2 Å². The van der Waals surface area contributed by atoms with E-state index in [2.05, 4.69) is 15.8 Å². The topological polar surface area (TPSA) is 108 Å². The average molecular weight is 673 g/mol. The Morgan fingerprint density at radius 3 is 1.44 bits per heavy atom. The molecule has 242 valence electrons. The fourth-order valence-corrected chi connectivity index (χ4v) is 10.3. The highest BCUT2D eigenvalue weighted by molar-refractivity contribution is 7.96. The Morgan fingerprint density at radius 2 is 0.940 bits per heavy atom. The van der Waals surface area contributed by atoms with Crippen molar-refractivity contribution in [2.75, 3.05) is 4.90 Å². The number of fused-ring (bicyclic) bond motifs is 1.